The quantitative estimate of drug-likeness (QED) is 0.843. The van der Waals surface area contributed by atoms with Crippen LogP contribution in [0.3, 0.4) is 0 Å². The molecule has 1 aromatic rings. The molecule has 0 bridgehead atoms. The average Bonchev–Trinajstić information content (AvgIpc) is 2.29. The summed E-state index contributed by atoms with van der Waals surface area (Å²) in [6, 6.07) is 6.56. The number of benzene rings is 1. The molecule has 1 N–H and O–H groups in total. The van der Waals surface area contributed by atoms with Crippen LogP contribution in [0.2, 0.25) is 0 Å². The minimum absolute atomic E-state index is 0.398. The number of hydrogen-bond acceptors (Lipinski definition) is 2. The normalized spacial score (nSPS) is 21.0. The van der Waals surface area contributed by atoms with Gasteiger partial charge in [0.05, 0.1) is 12.7 Å². The lowest BCUT2D eigenvalue weighted by atomic mass is 10.1. The highest BCUT2D eigenvalue weighted by atomic mass is 16.5. The van der Waals surface area contributed by atoms with Gasteiger partial charge >= 0.3 is 0 Å². The van der Waals surface area contributed by atoms with E-state index in [1.807, 2.05) is 0 Å². The zero-order valence-corrected chi connectivity index (χ0v) is 10.3. The summed E-state index contributed by atoms with van der Waals surface area (Å²) in [5.74, 6) is 0. The first-order chi connectivity index (χ1) is 7.75. The molecule has 1 aliphatic rings. The van der Waals surface area contributed by atoms with E-state index < -0.39 is 0 Å². The van der Waals surface area contributed by atoms with Crippen LogP contribution in [0.25, 0.3) is 0 Å². The van der Waals surface area contributed by atoms with Gasteiger partial charge in [-0.3, -0.25) is 0 Å². The van der Waals surface area contributed by atoms with Crippen LogP contribution in [0.4, 0.5) is 0 Å². The Balaban J connectivity index is 1.88. The molecule has 1 fully saturated rings. The maximum absolute atomic E-state index is 5.93. The molecule has 1 saturated heterocycles. The van der Waals surface area contributed by atoms with Crippen molar-refractivity contribution in [3.63, 3.8) is 0 Å². The maximum Gasteiger partial charge on any atom is 0.0723 e. The summed E-state index contributed by atoms with van der Waals surface area (Å²) in [6.45, 7) is 7.18. The number of ether oxygens (including phenoxy) is 1. The Hall–Kier alpha value is -0.860. The van der Waals surface area contributed by atoms with E-state index in [4.69, 9.17) is 4.74 Å². The van der Waals surface area contributed by atoms with Gasteiger partial charge in [0.1, 0.15) is 0 Å². The number of aryl methyl sites for hydroxylation is 2. The topological polar surface area (TPSA) is 21.3 Å². The molecule has 2 nitrogen and oxygen atoms in total. The molecule has 2 rings (SSSR count). The summed E-state index contributed by atoms with van der Waals surface area (Å²) in [6.07, 6.45) is 2.82. The van der Waals surface area contributed by atoms with Crippen molar-refractivity contribution in [3.05, 3.63) is 34.9 Å². The van der Waals surface area contributed by atoms with Gasteiger partial charge in [0.15, 0.2) is 0 Å². The van der Waals surface area contributed by atoms with Gasteiger partial charge in [-0.05, 0) is 44.4 Å². The minimum atomic E-state index is 0.398. The summed E-state index contributed by atoms with van der Waals surface area (Å²) in [5, 5.41) is 3.37. The zero-order valence-electron chi connectivity index (χ0n) is 10.3. The molecular weight excluding hydrogens is 198 g/mol. The van der Waals surface area contributed by atoms with Crippen molar-refractivity contribution in [1.29, 1.82) is 0 Å². The third-order valence-electron chi connectivity index (χ3n) is 3.22. The molecule has 1 aromatic carbocycles. The predicted octanol–water partition coefficient (Wildman–Crippen LogP) is 2.57. The first kappa shape index (κ1) is 11.6. The third-order valence-corrected chi connectivity index (χ3v) is 3.22. The largest absolute Gasteiger partial charge is 0.372 e. The lowest BCUT2D eigenvalue weighted by molar-refractivity contribution is 0.0250. The number of rotatable bonds is 3. The summed E-state index contributed by atoms with van der Waals surface area (Å²) in [4.78, 5) is 0. The summed E-state index contributed by atoms with van der Waals surface area (Å²) < 4.78 is 5.93. The summed E-state index contributed by atoms with van der Waals surface area (Å²) >= 11 is 0. The molecule has 16 heavy (non-hydrogen) atoms. The van der Waals surface area contributed by atoms with Crippen LogP contribution < -0.4 is 5.32 Å². The van der Waals surface area contributed by atoms with E-state index in [-0.39, 0.29) is 0 Å². The van der Waals surface area contributed by atoms with Crippen LogP contribution in [0.15, 0.2) is 18.2 Å². The highest BCUT2D eigenvalue weighted by molar-refractivity contribution is 5.29. The molecule has 88 valence electrons. The molecule has 1 aliphatic heterocycles. The Morgan fingerprint density at radius 2 is 2.25 bits per heavy atom. The molecule has 0 aliphatic carbocycles. The average molecular weight is 219 g/mol. The summed E-state index contributed by atoms with van der Waals surface area (Å²) in [7, 11) is 0. The van der Waals surface area contributed by atoms with Crippen molar-refractivity contribution in [1.82, 2.24) is 5.32 Å². The lowest BCUT2D eigenvalue weighted by Crippen LogP contribution is -2.35. The van der Waals surface area contributed by atoms with Gasteiger partial charge in [-0.25, -0.2) is 0 Å². The van der Waals surface area contributed by atoms with Crippen LogP contribution in [-0.2, 0) is 11.3 Å². The molecular formula is C14H21NO. The standard InChI is InChI=1S/C14H21NO/c1-11-5-6-13(12(2)8-11)10-16-14-4-3-7-15-9-14/h5-6,8,14-15H,3-4,7,9-10H2,1-2H3. The molecule has 0 radical (unpaired) electrons. The van der Waals surface area contributed by atoms with Gasteiger partial charge in [-0.15, -0.1) is 0 Å². The highest BCUT2D eigenvalue weighted by Gasteiger charge is 2.13. The molecule has 2 heteroatoms. The van der Waals surface area contributed by atoms with Gasteiger partial charge in [0, 0.05) is 6.54 Å². The second-order valence-corrected chi connectivity index (χ2v) is 4.71. The van der Waals surface area contributed by atoms with E-state index >= 15 is 0 Å². The zero-order chi connectivity index (χ0) is 11.4. The van der Waals surface area contributed by atoms with Crippen molar-refractivity contribution in [2.75, 3.05) is 13.1 Å². The van der Waals surface area contributed by atoms with Crippen LogP contribution in [0, 0.1) is 13.8 Å². The van der Waals surface area contributed by atoms with Crippen molar-refractivity contribution in [2.24, 2.45) is 0 Å². The predicted molar refractivity (Wildman–Crippen MR) is 66.6 cm³/mol. The van der Waals surface area contributed by atoms with Crippen molar-refractivity contribution >= 4 is 0 Å². The molecule has 1 heterocycles. The smallest absolute Gasteiger partial charge is 0.0723 e. The van der Waals surface area contributed by atoms with Gasteiger partial charge in [0.25, 0.3) is 0 Å². The van der Waals surface area contributed by atoms with Gasteiger partial charge in [-0.1, -0.05) is 23.8 Å². The Kier molecular flexibility index (Phi) is 3.97. The minimum Gasteiger partial charge on any atom is -0.372 e. The highest BCUT2D eigenvalue weighted by Crippen LogP contribution is 2.14. The second kappa shape index (κ2) is 5.46. The van der Waals surface area contributed by atoms with Crippen molar-refractivity contribution in [2.45, 2.75) is 39.4 Å². The monoisotopic (exact) mass is 219 g/mol. The van der Waals surface area contributed by atoms with Gasteiger partial charge in [0.2, 0.25) is 0 Å². The van der Waals surface area contributed by atoms with Crippen molar-refractivity contribution < 1.29 is 4.74 Å². The first-order valence-corrected chi connectivity index (χ1v) is 6.14. The van der Waals surface area contributed by atoms with Crippen LogP contribution in [0.1, 0.15) is 29.5 Å². The van der Waals surface area contributed by atoms with E-state index in [1.165, 1.54) is 29.5 Å². The molecule has 0 saturated carbocycles. The van der Waals surface area contributed by atoms with Crippen LogP contribution >= 0.6 is 0 Å². The fourth-order valence-electron chi connectivity index (χ4n) is 2.18. The number of nitrogens with one attached hydrogen (secondary N) is 1. The molecule has 1 unspecified atom stereocenters. The van der Waals surface area contributed by atoms with Gasteiger partial charge in [-0.2, -0.15) is 0 Å². The number of hydrogen-bond donors (Lipinski definition) is 1. The lowest BCUT2D eigenvalue weighted by Gasteiger charge is -2.23. The fourth-order valence-corrected chi connectivity index (χ4v) is 2.18. The van der Waals surface area contributed by atoms with E-state index in [0.29, 0.717) is 6.10 Å². The van der Waals surface area contributed by atoms with E-state index in [2.05, 4.69) is 37.4 Å². The Morgan fingerprint density at radius 3 is 2.94 bits per heavy atom. The SMILES string of the molecule is Cc1ccc(COC2CCCNC2)c(C)c1. The first-order valence-electron chi connectivity index (χ1n) is 6.14. The molecule has 0 spiro atoms. The second-order valence-electron chi connectivity index (χ2n) is 4.71. The molecule has 0 amide bonds. The molecule has 0 aromatic heterocycles. The van der Waals surface area contributed by atoms with Crippen LogP contribution in [0.5, 0.6) is 0 Å². The Morgan fingerprint density at radius 1 is 1.38 bits per heavy atom. The van der Waals surface area contributed by atoms with E-state index in [9.17, 15) is 0 Å². The Labute approximate surface area is 98.0 Å². The van der Waals surface area contributed by atoms with Crippen LogP contribution in [-0.4, -0.2) is 19.2 Å². The van der Waals surface area contributed by atoms with E-state index in [0.717, 1.165) is 19.7 Å². The van der Waals surface area contributed by atoms with Gasteiger partial charge < -0.3 is 10.1 Å². The maximum atomic E-state index is 5.93. The number of piperidine rings is 1. The van der Waals surface area contributed by atoms with E-state index in [1.54, 1.807) is 0 Å². The Bertz CT molecular complexity index is 343. The molecule has 1 atom stereocenters. The fraction of sp³-hybridized carbons (Fsp3) is 0.571. The van der Waals surface area contributed by atoms with Crippen molar-refractivity contribution in [3.8, 4) is 0 Å². The third kappa shape index (κ3) is 3.06. The summed E-state index contributed by atoms with van der Waals surface area (Å²) in [5.41, 5.74) is 3.97.